The molecule has 0 unspecified atom stereocenters. The average Bonchev–Trinajstić information content (AvgIpc) is 2.56. The van der Waals surface area contributed by atoms with E-state index in [1.165, 1.54) is 33.4 Å². The Balaban J connectivity index is 1.94. The van der Waals surface area contributed by atoms with Gasteiger partial charge in [0.05, 0.1) is 13.2 Å². The van der Waals surface area contributed by atoms with Gasteiger partial charge in [0.1, 0.15) is 24.7 Å². The van der Waals surface area contributed by atoms with Gasteiger partial charge >= 0.3 is 0 Å². The highest BCUT2D eigenvalue weighted by Gasteiger charge is 2.15. The van der Waals surface area contributed by atoms with Crippen LogP contribution in [0.4, 0.5) is 0 Å². The number of fused-ring (bicyclic) bond motifs is 2. The van der Waals surface area contributed by atoms with Crippen molar-refractivity contribution in [2.24, 2.45) is 0 Å². The molecule has 1 heterocycles. The number of nitrogens with zero attached hydrogens (tertiary/aromatic N) is 1. The van der Waals surface area contributed by atoms with E-state index in [4.69, 9.17) is 14.2 Å². The second kappa shape index (κ2) is 8.77. The maximum Gasteiger partial charge on any atom is 0.126 e. The summed E-state index contributed by atoms with van der Waals surface area (Å²) in [4.78, 5) is 2.32. The molecular weight excluding hydrogens is 338 g/mol. The molecule has 146 valence electrons. The molecule has 1 aliphatic rings. The fourth-order valence-corrected chi connectivity index (χ4v) is 3.88. The molecule has 1 aliphatic heterocycles. The molecule has 0 spiro atoms. The van der Waals surface area contributed by atoms with Gasteiger partial charge in [0.15, 0.2) is 0 Å². The molecular formula is C23H31NO3. The second-order valence-corrected chi connectivity index (χ2v) is 7.62. The van der Waals surface area contributed by atoms with Crippen molar-refractivity contribution in [1.29, 1.82) is 0 Å². The molecule has 0 aliphatic carbocycles. The topological polar surface area (TPSA) is 30.9 Å². The number of hydrogen-bond acceptors (Lipinski definition) is 4. The average molecular weight is 370 g/mol. The van der Waals surface area contributed by atoms with Crippen LogP contribution in [0.2, 0.25) is 0 Å². The Morgan fingerprint density at radius 2 is 1.11 bits per heavy atom. The summed E-state index contributed by atoms with van der Waals surface area (Å²) in [5, 5.41) is 0. The molecule has 27 heavy (non-hydrogen) atoms. The normalized spacial score (nSPS) is 16.5. The first-order valence-electron chi connectivity index (χ1n) is 9.66. The molecule has 0 atom stereocenters. The Morgan fingerprint density at radius 3 is 1.56 bits per heavy atom. The molecule has 0 N–H and O–H groups in total. The highest BCUT2D eigenvalue weighted by Crippen LogP contribution is 2.30. The van der Waals surface area contributed by atoms with Gasteiger partial charge in [-0.25, -0.2) is 0 Å². The van der Waals surface area contributed by atoms with Crippen molar-refractivity contribution in [3.63, 3.8) is 0 Å². The van der Waals surface area contributed by atoms with Gasteiger partial charge in [0.25, 0.3) is 0 Å². The number of aryl methyl sites for hydroxylation is 4. The minimum Gasteiger partial charge on any atom is -0.491 e. The minimum absolute atomic E-state index is 0.551. The van der Waals surface area contributed by atoms with Gasteiger partial charge in [-0.15, -0.1) is 0 Å². The first-order valence-corrected chi connectivity index (χ1v) is 9.66. The highest BCUT2D eigenvalue weighted by molar-refractivity contribution is 5.45. The first kappa shape index (κ1) is 19.7. The van der Waals surface area contributed by atoms with Gasteiger partial charge in [0, 0.05) is 24.2 Å². The lowest BCUT2D eigenvalue weighted by Crippen LogP contribution is -2.21. The SMILES string of the molecule is Cc1cc(C)c2c(c1)CN(C)Cc1cc(C)cc(C)c1OCCOCCO2. The zero-order valence-corrected chi connectivity index (χ0v) is 17.2. The molecule has 4 heteroatoms. The molecule has 0 bridgehead atoms. The Labute approximate surface area is 163 Å². The highest BCUT2D eigenvalue weighted by atomic mass is 16.5. The lowest BCUT2D eigenvalue weighted by Gasteiger charge is -2.24. The largest absolute Gasteiger partial charge is 0.491 e. The summed E-state index contributed by atoms with van der Waals surface area (Å²) in [5.41, 5.74) is 7.33. The fraction of sp³-hybridized carbons (Fsp3) is 0.478. The number of benzene rings is 2. The van der Waals surface area contributed by atoms with Gasteiger partial charge < -0.3 is 14.2 Å². The van der Waals surface area contributed by atoms with Crippen molar-refractivity contribution in [3.05, 3.63) is 57.6 Å². The quantitative estimate of drug-likeness (QED) is 0.691. The zero-order chi connectivity index (χ0) is 19.4. The maximum absolute atomic E-state index is 6.08. The van der Waals surface area contributed by atoms with Gasteiger partial charge in [-0.05, 0) is 45.9 Å². The lowest BCUT2D eigenvalue weighted by atomic mass is 10.0. The summed E-state index contributed by atoms with van der Waals surface area (Å²) in [7, 11) is 2.15. The standard InChI is InChI=1S/C23H31NO3/c1-16-10-18(3)22-20(12-16)14-24(5)15-21-13-17(2)11-19(4)23(21)27-9-7-25-6-8-26-22/h10-13H,6-9,14-15H2,1-5H3. The van der Waals surface area contributed by atoms with Gasteiger partial charge in [-0.3, -0.25) is 4.90 Å². The lowest BCUT2D eigenvalue weighted by molar-refractivity contribution is 0.0747. The van der Waals surface area contributed by atoms with E-state index in [1.54, 1.807) is 0 Å². The van der Waals surface area contributed by atoms with E-state index in [0.29, 0.717) is 26.4 Å². The van der Waals surface area contributed by atoms with Crippen LogP contribution in [0.1, 0.15) is 33.4 Å². The molecule has 0 fully saturated rings. The number of ether oxygens (including phenoxy) is 3. The van der Waals surface area contributed by atoms with Crippen LogP contribution in [-0.4, -0.2) is 38.4 Å². The van der Waals surface area contributed by atoms with Crippen LogP contribution in [0.15, 0.2) is 24.3 Å². The van der Waals surface area contributed by atoms with E-state index in [2.05, 4.69) is 63.9 Å². The number of hydrogen-bond donors (Lipinski definition) is 0. The van der Waals surface area contributed by atoms with E-state index < -0.39 is 0 Å². The van der Waals surface area contributed by atoms with E-state index >= 15 is 0 Å². The summed E-state index contributed by atoms with van der Waals surface area (Å²) < 4.78 is 17.9. The van der Waals surface area contributed by atoms with Crippen molar-refractivity contribution < 1.29 is 14.2 Å². The summed E-state index contributed by atoms with van der Waals surface area (Å²) in [6.45, 7) is 12.4. The third-order valence-electron chi connectivity index (χ3n) is 4.82. The van der Waals surface area contributed by atoms with Crippen LogP contribution in [-0.2, 0) is 17.8 Å². The van der Waals surface area contributed by atoms with Crippen LogP contribution in [0.3, 0.4) is 0 Å². The summed E-state index contributed by atoms with van der Waals surface area (Å²) in [6.07, 6.45) is 0. The molecule has 4 nitrogen and oxygen atoms in total. The smallest absolute Gasteiger partial charge is 0.126 e. The predicted molar refractivity (Wildman–Crippen MR) is 109 cm³/mol. The third kappa shape index (κ3) is 5.02. The molecule has 2 aromatic rings. The van der Waals surface area contributed by atoms with E-state index in [9.17, 15) is 0 Å². The predicted octanol–water partition coefficient (Wildman–Crippen LogP) is 4.34. The summed E-state index contributed by atoms with van der Waals surface area (Å²) >= 11 is 0. The summed E-state index contributed by atoms with van der Waals surface area (Å²) in [6, 6.07) is 8.81. The monoisotopic (exact) mass is 369 g/mol. The molecule has 0 radical (unpaired) electrons. The van der Waals surface area contributed by atoms with Crippen molar-refractivity contribution in [3.8, 4) is 11.5 Å². The van der Waals surface area contributed by atoms with Crippen molar-refractivity contribution in [1.82, 2.24) is 4.90 Å². The number of rotatable bonds is 0. The molecule has 0 saturated heterocycles. The van der Waals surface area contributed by atoms with Crippen molar-refractivity contribution in [2.45, 2.75) is 40.8 Å². The summed E-state index contributed by atoms with van der Waals surface area (Å²) in [5.74, 6) is 1.98. The van der Waals surface area contributed by atoms with Crippen LogP contribution in [0.5, 0.6) is 11.5 Å². The minimum atomic E-state index is 0.551. The second-order valence-electron chi connectivity index (χ2n) is 7.62. The molecule has 0 amide bonds. The Morgan fingerprint density at radius 1 is 0.667 bits per heavy atom. The van der Waals surface area contributed by atoms with E-state index in [-0.39, 0.29) is 0 Å². The van der Waals surface area contributed by atoms with E-state index in [1.807, 2.05) is 0 Å². The van der Waals surface area contributed by atoms with Crippen LogP contribution in [0.25, 0.3) is 0 Å². The Hall–Kier alpha value is -2.04. The maximum atomic E-state index is 6.08. The van der Waals surface area contributed by atoms with Crippen molar-refractivity contribution >= 4 is 0 Å². The van der Waals surface area contributed by atoms with Gasteiger partial charge in [0.2, 0.25) is 0 Å². The molecule has 2 aromatic carbocycles. The van der Waals surface area contributed by atoms with Crippen molar-refractivity contribution in [2.75, 3.05) is 33.5 Å². The first-order chi connectivity index (χ1) is 12.9. The van der Waals surface area contributed by atoms with Crippen LogP contribution >= 0.6 is 0 Å². The fourth-order valence-electron chi connectivity index (χ4n) is 3.88. The van der Waals surface area contributed by atoms with Crippen LogP contribution in [0, 0.1) is 27.7 Å². The zero-order valence-electron chi connectivity index (χ0n) is 17.2. The van der Waals surface area contributed by atoms with Crippen LogP contribution < -0.4 is 9.47 Å². The Kier molecular flexibility index (Phi) is 6.40. The van der Waals surface area contributed by atoms with E-state index in [0.717, 1.165) is 24.6 Å². The third-order valence-corrected chi connectivity index (χ3v) is 4.82. The molecule has 0 aromatic heterocycles. The Bertz CT molecular complexity index is 735. The van der Waals surface area contributed by atoms with Gasteiger partial charge in [-0.2, -0.15) is 0 Å². The molecule has 0 saturated carbocycles. The van der Waals surface area contributed by atoms with Gasteiger partial charge in [-0.1, -0.05) is 35.4 Å². The molecule has 3 rings (SSSR count).